The van der Waals surface area contributed by atoms with Crippen molar-refractivity contribution in [3.05, 3.63) is 0 Å². The van der Waals surface area contributed by atoms with Crippen molar-refractivity contribution in [2.75, 3.05) is 6.61 Å². The van der Waals surface area contributed by atoms with Crippen LogP contribution in [0.2, 0.25) is 0 Å². The molecule has 2 unspecified atom stereocenters. The quantitative estimate of drug-likeness (QED) is 0.568. The highest BCUT2D eigenvalue weighted by molar-refractivity contribution is 4.73. The van der Waals surface area contributed by atoms with E-state index in [2.05, 4.69) is 6.92 Å². The van der Waals surface area contributed by atoms with Crippen LogP contribution in [0.5, 0.6) is 0 Å². The van der Waals surface area contributed by atoms with Crippen LogP contribution in [0.15, 0.2) is 0 Å². The Morgan fingerprint density at radius 2 is 2.33 bits per heavy atom. The van der Waals surface area contributed by atoms with Crippen LogP contribution in [-0.4, -0.2) is 23.9 Å². The summed E-state index contributed by atoms with van der Waals surface area (Å²) in [7, 11) is 0. The molecule has 9 heavy (non-hydrogen) atoms. The highest BCUT2D eigenvalue weighted by Gasteiger charge is 2.25. The lowest BCUT2D eigenvalue weighted by Crippen LogP contribution is -2.21. The van der Waals surface area contributed by atoms with E-state index in [9.17, 15) is 0 Å². The Balaban J connectivity index is 2.30. The molecule has 0 amide bonds. The summed E-state index contributed by atoms with van der Waals surface area (Å²) in [6.07, 6.45) is 0.812. The summed E-state index contributed by atoms with van der Waals surface area (Å²) in [6.45, 7) is 4.74. The van der Waals surface area contributed by atoms with Gasteiger partial charge in [0.1, 0.15) is 0 Å². The molecule has 0 aromatic rings. The first-order chi connectivity index (χ1) is 4.20. The third-order valence-electron chi connectivity index (χ3n) is 1.77. The first-order valence-corrected chi connectivity index (χ1v) is 3.50. The maximum atomic E-state index is 9.04. The lowest BCUT2D eigenvalue weighted by Gasteiger charge is -2.11. The van der Waals surface area contributed by atoms with Crippen molar-refractivity contribution in [2.45, 2.75) is 32.5 Å². The van der Waals surface area contributed by atoms with Gasteiger partial charge >= 0.3 is 0 Å². The highest BCUT2D eigenvalue weighted by Crippen LogP contribution is 2.20. The van der Waals surface area contributed by atoms with Crippen molar-refractivity contribution in [1.82, 2.24) is 0 Å². The van der Waals surface area contributed by atoms with Gasteiger partial charge in [-0.3, -0.25) is 0 Å². The fourth-order valence-electron chi connectivity index (χ4n) is 1.16. The van der Waals surface area contributed by atoms with Crippen LogP contribution in [0, 0.1) is 5.92 Å². The molecular formula is C7H14O2. The first-order valence-electron chi connectivity index (χ1n) is 3.50. The smallest absolute Gasteiger partial charge is 0.0834 e. The molecule has 0 radical (unpaired) electrons. The third kappa shape index (κ3) is 1.66. The van der Waals surface area contributed by atoms with Crippen molar-refractivity contribution in [3.63, 3.8) is 0 Å². The molecule has 0 saturated carbocycles. The van der Waals surface area contributed by atoms with Crippen molar-refractivity contribution < 1.29 is 9.84 Å². The highest BCUT2D eigenvalue weighted by atomic mass is 16.5. The van der Waals surface area contributed by atoms with E-state index in [1.807, 2.05) is 0 Å². The summed E-state index contributed by atoms with van der Waals surface area (Å²) < 4.78 is 5.28. The molecule has 3 atom stereocenters. The molecule has 2 heteroatoms. The maximum absolute atomic E-state index is 9.04. The van der Waals surface area contributed by atoms with Crippen LogP contribution in [-0.2, 0) is 4.74 Å². The van der Waals surface area contributed by atoms with Crippen molar-refractivity contribution in [1.29, 1.82) is 0 Å². The lowest BCUT2D eigenvalue weighted by atomic mass is 10.1. The Hall–Kier alpha value is -0.0800. The molecule has 0 aromatic carbocycles. The monoisotopic (exact) mass is 130 g/mol. The Kier molecular flexibility index (Phi) is 2.09. The van der Waals surface area contributed by atoms with Crippen LogP contribution in [0.4, 0.5) is 0 Å². The number of hydrogen-bond donors (Lipinski definition) is 1. The van der Waals surface area contributed by atoms with E-state index < -0.39 is 0 Å². The Bertz CT molecular complexity index is 90.9. The molecular weight excluding hydrogens is 116 g/mol. The molecule has 1 saturated heterocycles. The number of aliphatic hydroxyl groups excluding tert-OH is 1. The van der Waals surface area contributed by atoms with Gasteiger partial charge in [0, 0.05) is 6.61 Å². The summed E-state index contributed by atoms with van der Waals surface area (Å²) in [6, 6.07) is 0. The minimum Gasteiger partial charge on any atom is -0.391 e. The molecule has 54 valence electrons. The standard InChI is InChI=1S/C7H14O2/c1-5-3-7(6(2)8)9-4-5/h5-8H,3-4H2,1-2H3/t5?,6?,7-/m0/s1. The van der Waals surface area contributed by atoms with Crippen LogP contribution in [0.3, 0.4) is 0 Å². The van der Waals surface area contributed by atoms with Gasteiger partial charge in [-0.15, -0.1) is 0 Å². The van der Waals surface area contributed by atoms with E-state index in [-0.39, 0.29) is 12.2 Å². The minimum absolute atomic E-state index is 0.0972. The average Bonchev–Trinajstić information content (AvgIpc) is 2.14. The van der Waals surface area contributed by atoms with Gasteiger partial charge in [-0.1, -0.05) is 6.92 Å². The van der Waals surface area contributed by atoms with Gasteiger partial charge in [0.05, 0.1) is 12.2 Å². The average molecular weight is 130 g/mol. The molecule has 0 aliphatic carbocycles. The molecule has 1 aliphatic heterocycles. The summed E-state index contributed by atoms with van der Waals surface area (Å²) in [5.74, 6) is 0.629. The first kappa shape index (κ1) is 7.03. The second-order valence-electron chi connectivity index (χ2n) is 2.95. The van der Waals surface area contributed by atoms with Crippen molar-refractivity contribution in [3.8, 4) is 0 Å². The van der Waals surface area contributed by atoms with Gasteiger partial charge in [-0.2, -0.15) is 0 Å². The summed E-state index contributed by atoms with van der Waals surface area (Å²) >= 11 is 0. The molecule has 2 nitrogen and oxygen atoms in total. The van der Waals surface area contributed by atoms with Gasteiger partial charge < -0.3 is 9.84 Å². The largest absolute Gasteiger partial charge is 0.391 e. The normalized spacial score (nSPS) is 39.0. The van der Waals surface area contributed by atoms with Crippen molar-refractivity contribution in [2.24, 2.45) is 5.92 Å². The fourth-order valence-corrected chi connectivity index (χ4v) is 1.16. The minimum atomic E-state index is -0.296. The number of hydrogen-bond acceptors (Lipinski definition) is 2. The third-order valence-corrected chi connectivity index (χ3v) is 1.77. The Morgan fingerprint density at radius 1 is 1.67 bits per heavy atom. The number of aliphatic hydroxyl groups is 1. The maximum Gasteiger partial charge on any atom is 0.0834 e. The predicted octanol–water partition coefficient (Wildman–Crippen LogP) is 0.792. The van der Waals surface area contributed by atoms with E-state index in [0.717, 1.165) is 13.0 Å². The summed E-state index contributed by atoms with van der Waals surface area (Å²) in [5.41, 5.74) is 0. The molecule has 1 aliphatic rings. The van der Waals surface area contributed by atoms with Crippen LogP contribution >= 0.6 is 0 Å². The van der Waals surface area contributed by atoms with E-state index in [1.165, 1.54) is 0 Å². The van der Waals surface area contributed by atoms with E-state index >= 15 is 0 Å². The molecule has 1 rings (SSSR count). The lowest BCUT2D eigenvalue weighted by molar-refractivity contribution is 0.00797. The van der Waals surface area contributed by atoms with Gasteiger partial charge in [0.25, 0.3) is 0 Å². The summed E-state index contributed by atoms with van der Waals surface area (Å²) in [5, 5.41) is 9.04. The summed E-state index contributed by atoms with van der Waals surface area (Å²) in [4.78, 5) is 0. The van der Waals surface area contributed by atoms with Gasteiger partial charge in [-0.25, -0.2) is 0 Å². The second-order valence-corrected chi connectivity index (χ2v) is 2.95. The topological polar surface area (TPSA) is 29.5 Å². The van der Waals surface area contributed by atoms with E-state index in [1.54, 1.807) is 6.92 Å². The molecule has 1 heterocycles. The van der Waals surface area contributed by atoms with E-state index in [0.29, 0.717) is 5.92 Å². The van der Waals surface area contributed by atoms with Crippen molar-refractivity contribution >= 4 is 0 Å². The fraction of sp³-hybridized carbons (Fsp3) is 1.00. The van der Waals surface area contributed by atoms with Gasteiger partial charge in [0.2, 0.25) is 0 Å². The predicted molar refractivity (Wildman–Crippen MR) is 35.2 cm³/mol. The second kappa shape index (κ2) is 2.67. The van der Waals surface area contributed by atoms with Gasteiger partial charge in [-0.05, 0) is 19.3 Å². The molecule has 0 aromatic heterocycles. The van der Waals surface area contributed by atoms with Gasteiger partial charge in [0.15, 0.2) is 0 Å². The van der Waals surface area contributed by atoms with Crippen LogP contribution in [0.25, 0.3) is 0 Å². The zero-order valence-electron chi connectivity index (χ0n) is 6.00. The molecule has 1 fully saturated rings. The zero-order valence-corrected chi connectivity index (χ0v) is 6.00. The zero-order chi connectivity index (χ0) is 6.85. The Morgan fingerprint density at radius 3 is 2.56 bits per heavy atom. The number of rotatable bonds is 1. The Labute approximate surface area is 55.8 Å². The molecule has 0 bridgehead atoms. The SMILES string of the molecule is CC1CO[C@H](C(C)O)C1. The number of ether oxygens (including phenoxy) is 1. The molecule has 0 spiro atoms. The van der Waals surface area contributed by atoms with E-state index in [4.69, 9.17) is 9.84 Å². The van der Waals surface area contributed by atoms with Crippen LogP contribution in [0.1, 0.15) is 20.3 Å². The molecule has 1 N–H and O–H groups in total. The van der Waals surface area contributed by atoms with Crippen LogP contribution < -0.4 is 0 Å².